The summed E-state index contributed by atoms with van der Waals surface area (Å²) in [6.07, 6.45) is 3.93. The highest BCUT2D eigenvalue weighted by Gasteiger charge is 2.13. The van der Waals surface area contributed by atoms with Gasteiger partial charge in [-0.15, -0.1) is 13.2 Å². The van der Waals surface area contributed by atoms with E-state index < -0.39 is 35.8 Å². The maximum absolute atomic E-state index is 10.5. The van der Waals surface area contributed by atoms with Crippen LogP contribution in [-0.4, -0.2) is 66.5 Å². The average Bonchev–Trinajstić information content (AvgIpc) is 2.77. The zero-order chi connectivity index (χ0) is 29.1. The largest absolute Gasteiger partial charge is 0.481 e. The Morgan fingerprint density at radius 3 is 0.972 bits per heavy atom. The average molecular weight is 515 g/mol. The second-order valence-electron chi connectivity index (χ2n) is 6.25. The molecule has 0 radical (unpaired) electrons. The second-order valence-corrected chi connectivity index (χ2v) is 6.25. The van der Waals surface area contributed by atoms with Crippen LogP contribution >= 0.6 is 0 Å². The lowest BCUT2D eigenvalue weighted by Gasteiger charge is -1.98. The standard InChI is InChI=1S/C8H6O4.C6H10O4.C4H6O4.2C3H6/c9-7(10)5-3-1-2-4-6(5)8(11)12;7-5(8)3-1-2-4-6(9)10;5-3(6)1-2-4(7)8;2*1-3-2/h1-4H,(H,9,10)(H,11,12);1-4H2,(H,7,8)(H,9,10);1-2H2,(H,5,6)(H,7,8);2*3H,1H2,2H3. The van der Waals surface area contributed by atoms with Gasteiger partial charge in [-0.2, -0.15) is 0 Å². The van der Waals surface area contributed by atoms with Crippen LogP contribution in [0, 0.1) is 0 Å². The molecule has 0 aromatic heterocycles. The lowest BCUT2D eigenvalue weighted by atomic mass is 10.1. The molecule has 0 aliphatic carbocycles. The molecule has 6 N–H and O–H groups in total. The van der Waals surface area contributed by atoms with Gasteiger partial charge in [-0.1, -0.05) is 24.3 Å². The summed E-state index contributed by atoms with van der Waals surface area (Å²) >= 11 is 0. The van der Waals surface area contributed by atoms with Crippen molar-refractivity contribution in [1.29, 1.82) is 0 Å². The normalized spacial score (nSPS) is 8.28. The van der Waals surface area contributed by atoms with Crippen LogP contribution in [0.1, 0.15) is 73.1 Å². The number of hydrogen-bond donors (Lipinski definition) is 6. The van der Waals surface area contributed by atoms with Gasteiger partial charge in [0.2, 0.25) is 0 Å². The minimum atomic E-state index is -1.23. The van der Waals surface area contributed by atoms with Crippen molar-refractivity contribution in [1.82, 2.24) is 0 Å². The first-order valence-electron chi connectivity index (χ1n) is 10.3. The van der Waals surface area contributed by atoms with Crippen molar-refractivity contribution in [3.05, 3.63) is 60.7 Å². The lowest BCUT2D eigenvalue weighted by molar-refractivity contribution is -0.143. The Kier molecular flexibility index (Phi) is 28.8. The summed E-state index contributed by atoms with van der Waals surface area (Å²) in [4.78, 5) is 60.0. The molecule has 0 bridgehead atoms. The summed E-state index contributed by atoms with van der Waals surface area (Å²) in [5, 5.41) is 49.2. The maximum Gasteiger partial charge on any atom is 0.336 e. The van der Waals surface area contributed by atoms with Crippen LogP contribution in [0.4, 0.5) is 0 Å². The van der Waals surface area contributed by atoms with Crippen molar-refractivity contribution in [2.75, 3.05) is 0 Å². The smallest absolute Gasteiger partial charge is 0.336 e. The number of carbonyl (C=O) groups is 6. The molecule has 0 fully saturated rings. The molecule has 202 valence electrons. The minimum absolute atomic E-state index is 0.0628. The SMILES string of the molecule is C=CC.C=CC.O=C(O)CCC(=O)O.O=C(O)CCCCC(=O)O.O=C(O)c1ccccc1C(=O)O. The number of allylic oxidation sites excluding steroid dienone is 2. The van der Waals surface area contributed by atoms with Gasteiger partial charge in [-0.3, -0.25) is 19.2 Å². The first kappa shape index (κ1) is 38.8. The molecule has 0 aliphatic heterocycles. The fraction of sp³-hybridized carbons (Fsp3) is 0.333. The Labute approximate surface area is 208 Å². The van der Waals surface area contributed by atoms with Gasteiger partial charge in [0, 0.05) is 12.8 Å². The van der Waals surface area contributed by atoms with E-state index in [2.05, 4.69) is 13.2 Å². The molecule has 0 amide bonds. The molecule has 1 aromatic rings. The third-order valence-electron chi connectivity index (χ3n) is 2.97. The van der Waals surface area contributed by atoms with E-state index in [1.807, 2.05) is 13.8 Å². The molecule has 1 rings (SSSR count). The van der Waals surface area contributed by atoms with E-state index in [0.29, 0.717) is 12.8 Å². The van der Waals surface area contributed by atoms with Crippen molar-refractivity contribution in [3.8, 4) is 0 Å². The summed E-state index contributed by atoms with van der Waals surface area (Å²) < 4.78 is 0. The van der Waals surface area contributed by atoms with E-state index in [9.17, 15) is 28.8 Å². The summed E-state index contributed by atoms with van der Waals surface area (Å²) in [6, 6.07) is 5.48. The summed E-state index contributed by atoms with van der Waals surface area (Å²) in [5.41, 5.74) is -0.380. The zero-order valence-corrected chi connectivity index (χ0v) is 20.3. The third kappa shape index (κ3) is 34.1. The Morgan fingerprint density at radius 2 is 0.806 bits per heavy atom. The topological polar surface area (TPSA) is 224 Å². The fourth-order valence-electron chi connectivity index (χ4n) is 1.62. The molecule has 0 aliphatic rings. The number of unbranched alkanes of at least 4 members (excludes halogenated alkanes) is 1. The predicted molar refractivity (Wildman–Crippen MR) is 130 cm³/mol. The molecule has 36 heavy (non-hydrogen) atoms. The fourth-order valence-corrected chi connectivity index (χ4v) is 1.62. The van der Waals surface area contributed by atoms with Gasteiger partial charge in [-0.25, -0.2) is 9.59 Å². The monoisotopic (exact) mass is 514 g/mol. The molecule has 12 heteroatoms. The third-order valence-corrected chi connectivity index (χ3v) is 2.97. The molecule has 0 unspecified atom stereocenters. The first-order chi connectivity index (χ1) is 16.7. The highest BCUT2D eigenvalue weighted by Crippen LogP contribution is 2.07. The van der Waals surface area contributed by atoms with Gasteiger partial charge < -0.3 is 30.6 Å². The summed E-state index contributed by atoms with van der Waals surface area (Å²) in [5.74, 6) is -6.35. The minimum Gasteiger partial charge on any atom is -0.481 e. The van der Waals surface area contributed by atoms with Crippen molar-refractivity contribution in [2.45, 2.75) is 52.4 Å². The van der Waals surface area contributed by atoms with Crippen LogP contribution < -0.4 is 0 Å². The van der Waals surface area contributed by atoms with Gasteiger partial charge in [0.1, 0.15) is 0 Å². The van der Waals surface area contributed by atoms with Gasteiger partial charge in [0.25, 0.3) is 0 Å². The second kappa shape index (κ2) is 26.8. The summed E-state index contributed by atoms with van der Waals surface area (Å²) in [6.45, 7) is 10.5. The van der Waals surface area contributed by atoms with Gasteiger partial charge in [0.15, 0.2) is 0 Å². The molecule has 12 nitrogen and oxygen atoms in total. The summed E-state index contributed by atoms with van der Waals surface area (Å²) in [7, 11) is 0. The zero-order valence-electron chi connectivity index (χ0n) is 20.3. The van der Waals surface area contributed by atoms with E-state index >= 15 is 0 Å². The Morgan fingerprint density at radius 1 is 0.583 bits per heavy atom. The molecule has 0 atom stereocenters. The Hall–Kier alpha value is -4.48. The number of aliphatic carboxylic acids is 4. The molecule has 0 saturated heterocycles. The van der Waals surface area contributed by atoms with Crippen LogP contribution in [-0.2, 0) is 19.2 Å². The highest BCUT2D eigenvalue weighted by molar-refractivity contribution is 6.01. The highest BCUT2D eigenvalue weighted by atomic mass is 16.4. The van der Waals surface area contributed by atoms with Gasteiger partial charge >= 0.3 is 35.8 Å². The molecule has 0 heterocycles. The van der Waals surface area contributed by atoms with Crippen molar-refractivity contribution in [3.63, 3.8) is 0 Å². The van der Waals surface area contributed by atoms with E-state index in [4.69, 9.17) is 30.6 Å². The van der Waals surface area contributed by atoms with Crippen LogP contribution in [0.2, 0.25) is 0 Å². The number of carboxylic acid groups (broad SMARTS) is 6. The molecule has 0 spiro atoms. The number of hydrogen-bond acceptors (Lipinski definition) is 6. The molecule has 0 saturated carbocycles. The van der Waals surface area contributed by atoms with Crippen molar-refractivity contribution < 1.29 is 59.4 Å². The number of benzene rings is 1. The first-order valence-corrected chi connectivity index (χ1v) is 10.3. The van der Waals surface area contributed by atoms with Crippen molar-refractivity contribution in [2.24, 2.45) is 0 Å². The van der Waals surface area contributed by atoms with Crippen LogP contribution in [0.3, 0.4) is 0 Å². The van der Waals surface area contributed by atoms with Crippen molar-refractivity contribution >= 4 is 35.8 Å². The quantitative estimate of drug-likeness (QED) is 0.191. The van der Waals surface area contributed by atoms with E-state index in [-0.39, 0.29) is 36.8 Å². The Bertz CT molecular complexity index is 774. The van der Waals surface area contributed by atoms with E-state index in [1.165, 1.54) is 24.3 Å². The van der Waals surface area contributed by atoms with Crippen LogP contribution in [0.5, 0.6) is 0 Å². The van der Waals surface area contributed by atoms with Crippen LogP contribution in [0.25, 0.3) is 0 Å². The van der Waals surface area contributed by atoms with E-state index in [0.717, 1.165) is 0 Å². The van der Waals surface area contributed by atoms with Gasteiger partial charge in [0.05, 0.1) is 24.0 Å². The molecule has 1 aromatic carbocycles. The number of carboxylic acids is 6. The number of aromatic carboxylic acids is 2. The van der Waals surface area contributed by atoms with Gasteiger partial charge in [-0.05, 0) is 38.8 Å². The van der Waals surface area contributed by atoms with Crippen LogP contribution in [0.15, 0.2) is 49.6 Å². The van der Waals surface area contributed by atoms with E-state index in [1.54, 1.807) is 12.2 Å². The number of rotatable bonds is 10. The predicted octanol–water partition coefficient (Wildman–Crippen LogP) is 4.12. The molecular formula is C24H34O12. The molecular weight excluding hydrogens is 480 g/mol. The maximum atomic E-state index is 10.5. The lowest BCUT2D eigenvalue weighted by Crippen LogP contribution is -2.06. The Balaban J connectivity index is -0.000000195.